The molecule has 68 valence electrons. The number of rotatable bonds is 3. The van der Waals surface area contributed by atoms with Crippen LogP contribution in [0.15, 0.2) is 29.3 Å². The summed E-state index contributed by atoms with van der Waals surface area (Å²) < 4.78 is 0. The predicted molar refractivity (Wildman–Crippen MR) is 55.6 cm³/mol. The number of amidine groups is 1. The fourth-order valence-electron chi connectivity index (χ4n) is 0.974. The summed E-state index contributed by atoms with van der Waals surface area (Å²) in [5.74, 6) is 0.0878. The lowest BCUT2D eigenvalue weighted by molar-refractivity contribution is 1.24. The molecule has 0 saturated heterocycles. The van der Waals surface area contributed by atoms with Crippen LogP contribution in [0.25, 0.3) is 0 Å². The third-order valence-corrected chi connectivity index (χ3v) is 1.68. The summed E-state index contributed by atoms with van der Waals surface area (Å²) in [5, 5.41) is 6.98. The number of nitrogens with one attached hydrogen (secondary N) is 1. The molecule has 1 rings (SSSR count). The molecule has 3 N–H and O–H groups in total. The zero-order chi connectivity index (χ0) is 9.68. The molecule has 3 nitrogen and oxygen atoms in total. The third-order valence-electron chi connectivity index (χ3n) is 1.68. The lowest BCUT2D eigenvalue weighted by Gasteiger charge is -1.97. The van der Waals surface area contributed by atoms with Gasteiger partial charge >= 0.3 is 0 Å². The van der Waals surface area contributed by atoms with Crippen LogP contribution in [0.1, 0.15) is 11.1 Å². The molecular formula is C10H13N3. The van der Waals surface area contributed by atoms with Gasteiger partial charge in [0, 0.05) is 6.21 Å². The Labute approximate surface area is 77.8 Å². The standard InChI is InChI=1S/C10H13N3/c1-8-4-2-3-5-9(8)6-13-7-10(11)12/h2-6H,7H2,1H3,(H3,11,12). The molecule has 0 unspecified atom stereocenters. The van der Waals surface area contributed by atoms with Crippen LogP contribution in [0, 0.1) is 12.3 Å². The molecule has 0 aliphatic rings. The fourth-order valence-corrected chi connectivity index (χ4v) is 0.974. The fraction of sp³-hybridized carbons (Fsp3) is 0.200. The van der Waals surface area contributed by atoms with Crippen LogP contribution in [-0.4, -0.2) is 18.6 Å². The number of benzene rings is 1. The molecule has 1 aromatic rings. The summed E-state index contributed by atoms with van der Waals surface area (Å²) in [7, 11) is 0. The van der Waals surface area contributed by atoms with E-state index in [4.69, 9.17) is 11.1 Å². The van der Waals surface area contributed by atoms with Crippen molar-refractivity contribution >= 4 is 12.1 Å². The van der Waals surface area contributed by atoms with Gasteiger partial charge in [0.05, 0.1) is 6.54 Å². The van der Waals surface area contributed by atoms with E-state index in [1.54, 1.807) is 6.21 Å². The third kappa shape index (κ3) is 3.07. The first-order valence-corrected chi connectivity index (χ1v) is 4.08. The second-order valence-electron chi connectivity index (χ2n) is 2.85. The van der Waals surface area contributed by atoms with Crippen LogP contribution in [0.5, 0.6) is 0 Å². The molecule has 0 heterocycles. The Balaban J connectivity index is 2.68. The highest BCUT2D eigenvalue weighted by molar-refractivity contribution is 5.85. The maximum absolute atomic E-state index is 6.98. The molecule has 0 radical (unpaired) electrons. The number of nitrogens with two attached hydrogens (primary N) is 1. The van der Waals surface area contributed by atoms with E-state index in [2.05, 4.69) is 4.99 Å². The molecule has 0 bridgehead atoms. The molecule has 0 aliphatic carbocycles. The van der Waals surface area contributed by atoms with Gasteiger partial charge in [0.2, 0.25) is 0 Å². The van der Waals surface area contributed by atoms with E-state index in [1.807, 2.05) is 31.2 Å². The minimum Gasteiger partial charge on any atom is -0.386 e. The summed E-state index contributed by atoms with van der Waals surface area (Å²) in [6.45, 7) is 2.30. The molecule has 13 heavy (non-hydrogen) atoms. The van der Waals surface area contributed by atoms with Crippen molar-refractivity contribution in [2.24, 2.45) is 10.7 Å². The Hall–Kier alpha value is -1.64. The van der Waals surface area contributed by atoms with Gasteiger partial charge in [-0.15, -0.1) is 0 Å². The molecule has 0 spiro atoms. The summed E-state index contributed by atoms with van der Waals surface area (Å²) in [6.07, 6.45) is 1.75. The van der Waals surface area contributed by atoms with Crippen molar-refractivity contribution in [2.75, 3.05) is 6.54 Å². The van der Waals surface area contributed by atoms with Gasteiger partial charge in [-0.25, -0.2) is 0 Å². The van der Waals surface area contributed by atoms with Crippen molar-refractivity contribution < 1.29 is 0 Å². The summed E-state index contributed by atoms with van der Waals surface area (Å²) in [6, 6.07) is 7.95. The van der Waals surface area contributed by atoms with Crippen molar-refractivity contribution in [2.45, 2.75) is 6.92 Å². The van der Waals surface area contributed by atoms with E-state index in [9.17, 15) is 0 Å². The van der Waals surface area contributed by atoms with E-state index in [1.165, 1.54) is 5.56 Å². The number of aliphatic imine (C=N–C) groups is 1. The van der Waals surface area contributed by atoms with E-state index in [-0.39, 0.29) is 12.4 Å². The largest absolute Gasteiger partial charge is 0.386 e. The second kappa shape index (κ2) is 4.40. The van der Waals surface area contributed by atoms with Crippen molar-refractivity contribution in [1.29, 1.82) is 5.41 Å². The zero-order valence-electron chi connectivity index (χ0n) is 7.62. The maximum Gasteiger partial charge on any atom is 0.113 e. The highest BCUT2D eigenvalue weighted by atomic mass is 14.8. The smallest absolute Gasteiger partial charge is 0.113 e. The lowest BCUT2D eigenvalue weighted by atomic mass is 10.1. The van der Waals surface area contributed by atoms with Crippen LogP contribution in [-0.2, 0) is 0 Å². The van der Waals surface area contributed by atoms with Crippen molar-refractivity contribution in [3.8, 4) is 0 Å². The van der Waals surface area contributed by atoms with Crippen LogP contribution in [0.3, 0.4) is 0 Å². The molecule has 1 aromatic carbocycles. The van der Waals surface area contributed by atoms with E-state index < -0.39 is 0 Å². The van der Waals surface area contributed by atoms with E-state index in [0.717, 1.165) is 5.56 Å². The Bertz CT molecular complexity index is 329. The Morgan fingerprint density at radius 1 is 1.54 bits per heavy atom. The summed E-state index contributed by atoms with van der Waals surface area (Å²) in [4.78, 5) is 4.03. The SMILES string of the molecule is Cc1ccccc1C=NCC(=N)N. The average Bonchev–Trinajstić information content (AvgIpc) is 2.08. The molecule has 0 amide bonds. The monoisotopic (exact) mass is 175 g/mol. The minimum atomic E-state index is 0.0878. The Morgan fingerprint density at radius 3 is 2.85 bits per heavy atom. The Morgan fingerprint density at radius 2 is 2.23 bits per heavy atom. The first kappa shape index (κ1) is 9.45. The molecule has 0 atom stereocenters. The summed E-state index contributed by atoms with van der Waals surface area (Å²) in [5.41, 5.74) is 7.41. The van der Waals surface area contributed by atoms with Crippen LogP contribution in [0.4, 0.5) is 0 Å². The average molecular weight is 175 g/mol. The number of nitrogens with zero attached hydrogens (tertiary/aromatic N) is 1. The topological polar surface area (TPSA) is 62.2 Å². The molecule has 0 saturated carbocycles. The zero-order valence-corrected chi connectivity index (χ0v) is 7.62. The van der Waals surface area contributed by atoms with Gasteiger partial charge in [-0.3, -0.25) is 10.4 Å². The highest BCUT2D eigenvalue weighted by Crippen LogP contribution is 2.03. The van der Waals surface area contributed by atoms with Crippen molar-refractivity contribution in [1.82, 2.24) is 0 Å². The first-order valence-electron chi connectivity index (χ1n) is 4.08. The summed E-state index contributed by atoms with van der Waals surface area (Å²) >= 11 is 0. The molecule has 0 aliphatic heterocycles. The quantitative estimate of drug-likeness (QED) is 0.528. The van der Waals surface area contributed by atoms with Gasteiger partial charge in [0.1, 0.15) is 5.84 Å². The van der Waals surface area contributed by atoms with Gasteiger partial charge in [-0.2, -0.15) is 0 Å². The molecule has 0 aromatic heterocycles. The van der Waals surface area contributed by atoms with Crippen LogP contribution in [0.2, 0.25) is 0 Å². The number of hydrogen-bond donors (Lipinski definition) is 2. The molecular weight excluding hydrogens is 162 g/mol. The molecule has 3 heteroatoms. The van der Waals surface area contributed by atoms with Crippen molar-refractivity contribution in [3.63, 3.8) is 0 Å². The first-order chi connectivity index (χ1) is 6.20. The van der Waals surface area contributed by atoms with Crippen molar-refractivity contribution in [3.05, 3.63) is 35.4 Å². The normalized spacial score (nSPS) is 10.5. The van der Waals surface area contributed by atoms with E-state index in [0.29, 0.717) is 0 Å². The van der Waals surface area contributed by atoms with Gasteiger partial charge < -0.3 is 5.73 Å². The van der Waals surface area contributed by atoms with E-state index >= 15 is 0 Å². The van der Waals surface area contributed by atoms with Crippen LogP contribution >= 0.6 is 0 Å². The van der Waals surface area contributed by atoms with Gasteiger partial charge in [-0.1, -0.05) is 24.3 Å². The van der Waals surface area contributed by atoms with Gasteiger partial charge in [0.15, 0.2) is 0 Å². The van der Waals surface area contributed by atoms with Crippen LogP contribution < -0.4 is 5.73 Å². The molecule has 0 fully saturated rings. The maximum atomic E-state index is 6.98. The lowest BCUT2D eigenvalue weighted by Crippen LogP contribution is -2.13. The predicted octanol–water partition coefficient (Wildman–Crippen LogP) is 1.35. The van der Waals surface area contributed by atoms with Gasteiger partial charge in [0.25, 0.3) is 0 Å². The highest BCUT2D eigenvalue weighted by Gasteiger charge is 1.91. The number of aryl methyl sites for hydroxylation is 1. The minimum absolute atomic E-state index is 0.0878. The van der Waals surface area contributed by atoms with Gasteiger partial charge in [-0.05, 0) is 18.1 Å². The second-order valence-corrected chi connectivity index (χ2v) is 2.85. The Kier molecular flexibility index (Phi) is 3.20. The number of hydrogen-bond acceptors (Lipinski definition) is 2.